The first-order valence-corrected chi connectivity index (χ1v) is 8.00. The van der Waals surface area contributed by atoms with Crippen LogP contribution in [0.15, 0.2) is 6.20 Å². The number of carbonyl (C=O) groups excluding carboxylic acids is 3. The van der Waals surface area contributed by atoms with Gasteiger partial charge in [0, 0.05) is 12.5 Å². The number of nitrogens with zero attached hydrogens (tertiary/aromatic N) is 4. The molecule has 1 aliphatic rings. The molecular weight excluding hydrogens is 314 g/mol. The Morgan fingerprint density at radius 2 is 2.12 bits per heavy atom. The lowest BCUT2D eigenvalue weighted by molar-refractivity contribution is -0.155. The fourth-order valence-corrected chi connectivity index (χ4v) is 2.54. The van der Waals surface area contributed by atoms with Gasteiger partial charge >= 0.3 is 5.97 Å². The van der Waals surface area contributed by atoms with E-state index in [1.807, 2.05) is 0 Å². The van der Waals surface area contributed by atoms with Gasteiger partial charge in [0.05, 0.1) is 13.3 Å². The molecule has 9 nitrogen and oxygen atoms in total. The molecule has 1 fully saturated rings. The molecule has 1 saturated heterocycles. The van der Waals surface area contributed by atoms with E-state index in [4.69, 9.17) is 4.74 Å². The standard InChI is InChI=1S/C15H23N5O4/c1-10(2)14(22)16-12-8-19(18-17-12)9-13(21)20-7-5-4-6-11(20)15(23)24-3/h8,10-11H,4-7,9H2,1-3H3,(H,16,22). The zero-order chi connectivity index (χ0) is 17.7. The van der Waals surface area contributed by atoms with Crippen molar-refractivity contribution in [2.75, 3.05) is 19.0 Å². The van der Waals surface area contributed by atoms with E-state index in [2.05, 4.69) is 15.6 Å². The van der Waals surface area contributed by atoms with Gasteiger partial charge in [-0.25, -0.2) is 9.48 Å². The van der Waals surface area contributed by atoms with Gasteiger partial charge in [0.2, 0.25) is 11.8 Å². The van der Waals surface area contributed by atoms with Crippen LogP contribution < -0.4 is 5.32 Å². The van der Waals surface area contributed by atoms with Gasteiger partial charge in [-0.15, -0.1) is 5.10 Å². The second-order valence-electron chi connectivity index (χ2n) is 6.07. The predicted octanol–water partition coefficient (Wildman–Crippen LogP) is 0.427. The van der Waals surface area contributed by atoms with Gasteiger partial charge in [-0.3, -0.25) is 9.59 Å². The Kier molecular flexibility index (Phi) is 5.88. The molecule has 0 aliphatic carbocycles. The van der Waals surface area contributed by atoms with Crippen molar-refractivity contribution in [1.82, 2.24) is 19.9 Å². The van der Waals surface area contributed by atoms with E-state index in [9.17, 15) is 14.4 Å². The van der Waals surface area contributed by atoms with Gasteiger partial charge in [0.1, 0.15) is 12.6 Å². The summed E-state index contributed by atoms with van der Waals surface area (Å²) in [5.74, 6) is -0.672. The quantitative estimate of drug-likeness (QED) is 0.781. The van der Waals surface area contributed by atoms with Crippen molar-refractivity contribution < 1.29 is 19.1 Å². The Morgan fingerprint density at radius 3 is 2.79 bits per heavy atom. The molecule has 1 aromatic rings. The summed E-state index contributed by atoms with van der Waals surface area (Å²) in [6.45, 7) is 4.02. The second kappa shape index (κ2) is 7.89. The Morgan fingerprint density at radius 1 is 1.38 bits per heavy atom. The normalized spacial score (nSPS) is 17.7. The first-order chi connectivity index (χ1) is 11.4. The number of rotatable bonds is 5. The van der Waals surface area contributed by atoms with Crippen LogP contribution in [-0.4, -0.2) is 57.4 Å². The summed E-state index contributed by atoms with van der Waals surface area (Å²) in [4.78, 5) is 37.5. The van der Waals surface area contributed by atoms with Gasteiger partial charge in [0.25, 0.3) is 0 Å². The molecule has 24 heavy (non-hydrogen) atoms. The molecule has 1 aromatic heterocycles. The molecule has 1 atom stereocenters. The molecule has 1 unspecified atom stereocenters. The summed E-state index contributed by atoms with van der Waals surface area (Å²) in [5.41, 5.74) is 0. The number of nitrogens with one attached hydrogen (secondary N) is 1. The lowest BCUT2D eigenvalue weighted by Gasteiger charge is -2.33. The molecule has 0 spiro atoms. The van der Waals surface area contributed by atoms with Crippen molar-refractivity contribution in [3.63, 3.8) is 0 Å². The number of hydrogen-bond acceptors (Lipinski definition) is 6. The third kappa shape index (κ3) is 4.30. The minimum atomic E-state index is -0.542. The molecule has 1 aliphatic heterocycles. The summed E-state index contributed by atoms with van der Waals surface area (Å²) < 4.78 is 6.12. The van der Waals surface area contributed by atoms with Crippen LogP contribution in [0.5, 0.6) is 0 Å². The number of amides is 2. The number of esters is 1. The van der Waals surface area contributed by atoms with Crippen molar-refractivity contribution in [2.45, 2.75) is 45.7 Å². The van der Waals surface area contributed by atoms with E-state index >= 15 is 0 Å². The second-order valence-corrected chi connectivity index (χ2v) is 6.07. The molecule has 132 valence electrons. The molecule has 0 aromatic carbocycles. The monoisotopic (exact) mass is 337 g/mol. The van der Waals surface area contributed by atoms with Crippen LogP contribution in [0, 0.1) is 5.92 Å². The molecule has 0 bridgehead atoms. The minimum absolute atomic E-state index is 0.0436. The number of anilines is 1. The smallest absolute Gasteiger partial charge is 0.328 e. The van der Waals surface area contributed by atoms with Crippen LogP contribution in [0.25, 0.3) is 0 Å². The molecule has 2 amide bonds. The van der Waals surface area contributed by atoms with Crippen molar-refractivity contribution in [1.29, 1.82) is 0 Å². The number of piperidine rings is 1. The predicted molar refractivity (Wildman–Crippen MR) is 84.9 cm³/mol. The van der Waals surface area contributed by atoms with E-state index in [-0.39, 0.29) is 24.3 Å². The van der Waals surface area contributed by atoms with Gasteiger partial charge in [-0.1, -0.05) is 19.1 Å². The lowest BCUT2D eigenvalue weighted by Crippen LogP contribution is -2.49. The van der Waals surface area contributed by atoms with Crippen LogP contribution >= 0.6 is 0 Å². The molecular formula is C15H23N5O4. The molecule has 1 N–H and O–H groups in total. The topological polar surface area (TPSA) is 106 Å². The number of methoxy groups -OCH3 is 1. The highest BCUT2D eigenvalue weighted by Gasteiger charge is 2.32. The molecule has 9 heteroatoms. The third-order valence-corrected chi connectivity index (χ3v) is 3.91. The van der Waals surface area contributed by atoms with Crippen LogP contribution in [0.4, 0.5) is 5.82 Å². The maximum absolute atomic E-state index is 12.5. The highest BCUT2D eigenvalue weighted by Crippen LogP contribution is 2.18. The van der Waals surface area contributed by atoms with Gasteiger partial charge < -0.3 is 15.0 Å². The maximum atomic E-state index is 12.5. The van der Waals surface area contributed by atoms with E-state index in [0.717, 1.165) is 12.8 Å². The van der Waals surface area contributed by atoms with Crippen LogP contribution in [0.1, 0.15) is 33.1 Å². The Hall–Kier alpha value is -2.45. The highest BCUT2D eigenvalue weighted by atomic mass is 16.5. The van der Waals surface area contributed by atoms with E-state index in [1.165, 1.54) is 22.9 Å². The Bertz CT molecular complexity index is 613. The molecule has 2 heterocycles. The summed E-state index contributed by atoms with van der Waals surface area (Å²) in [6, 6.07) is -0.542. The van der Waals surface area contributed by atoms with Crippen LogP contribution in [0.2, 0.25) is 0 Å². The fraction of sp³-hybridized carbons (Fsp3) is 0.667. The summed E-state index contributed by atoms with van der Waals surface area (Å²) in [7, 11) is 1.32. The van der Waals surface area contributed by atoms with Crippen LogP contribution in [0.3, 0.4) is 0 Å². The number of ether oxygens (including phenoxy) is 1. The van der Waals surface area contributed by atoms with E-state index < -0.39 is 12.0 Å². The fourth-order valence-electron chi connectivity index (χ4n) is 2.54. The van der Waals surface area contributed by atoms with Gasteiger partial charge in [-0.2, -0.15) is 0 Å². The summed E-state index contributed by atoms with van der Waals surface area (Å²) in [6.07, 6.45) is 3.84. The molecule has 2 rings (SSSR count). The summed E-state index contributed by atoms with van der Waals surface area (Å²) in [5, 5.41) is 10.3. The lowest BCUT2D eigenvalue weighted by atomic mass is 10.0. The van der Waals surface area contributed by atoms with Crippen molar-refractivity contribution in [3.8, 4) is 0 Å². The van der Waals surface area contributed by atoms with Crippen molar-refractivity contribution in [2.24, 2.45) is 5.92 Å². The number of carbonyl (C=O) groups is 3. The summed E-state index contributed by atoms with van der Waals surface area (Å²) >= 11 is 0. The number of likely N-dealkylation sites (tertiary alicyclic amines) is 1. The van der Waals surface area contributed by atoms with Crippen LogP contribution in [-0.2, 0) is 25.7 Å². The Balaban J connectivity index is 1.99. The first kappa shape index (κ1) is 17.9. The highest BCUT2D eigenvalue weighted by molar-refractivity contribution is 5.91. The third-order valence-electron chi connectivity index (χ3n) is 3.91. The number of aromatic nitrogens is 3. The van der Waals surface area contributed by atoms with Crippen molar-refractivity contribution >= 4 is 23.6 Å². The molecule has 0 saturated carbocycles. The average molecular weight is 337 g/mol. The van der Waals surface area contributed by atoms with Crippen molar-refractivity contribution in [3.05, 3.63) is 6.20 Å². The van der Waals surface area contributed by atoms with Gasteiger partial charge in [0.15, 0.2) is 5.82 Å². The maximum Gasteiger partial charge on any atom is 0.328 e. The van der Waals surface area contributed by atoms with Gasteiger partial charge in [-0.05, 0) is 19.3 Å². The largest absolute Gasteiger partial charge is 0.467 e. The minimum Gasteiger partial charge on any atom is -0.467 e. The SMILES string of the molecule is COC(=O)C1CCCCN1C(=O)Cn1cc(NC(=O)C(C)C)nn1. The number of hydrogen-bond donors (Lipinski definition) is 1. The zero-order valence-electron chi connectivity index (χ0n) is 14.2. The molecule has 0 radical (unpaired) electrons. The van der Waals surface area contributed by atoms with E-state index in [0.29, 0.717) is 18.8 Å². The zero-order valence-corrected chi connectivity index (χ0v) is 14.2. The Labute approximate surface area is 140 Å². The van der Waals surface area contributed by atoms with E-state index in [1.54, 1.807) is 13.8 Å². The average Bonchev–Trinajstić information content (AvgIpc) is 3.00. The first-order valence-electron chi connectivity index (χ1n) is 8.00.